The van der Waals surface area contributed by atoms with Crippen molar-refractivity contribution in [2.24, 2.45) is 0 Å². The number of rotatable bonds is 5. The lowest BCUT2D eigenvalue weighted by Gasteiger charge is -2.32. The predicted octanol–water partition coefficient (Wildman–Crippen LogP) is 0.998. The van der Waals surface area contributed by atoms with Gasteiger partial charge in [0.25, 0.3) is 0 Å². The number of hydrogen-bond acceptors (Lipinski definition) is 6. The van der Waals surface area contributed by atoms with Gasteiger partial charge in [-0.05, 0) is 23.6 Å². The van der Waals surface area contributed by atoms with Crippen LogP contribution in [0.2, 0.25) is 0 Å². The summed E-state index contributed by atoms with van der Waals surface area (Å²) in [7, 11) is 0. The van der Waals surface area contributed by atoms with Crippen LogP contribution >= 0.6 is 11.3 Å². The summed E-state index contributed by atoms with van der Waals surface area (Å²) in [4.78, 5) is 27.4. The Morgan fingerprint density at radius 2 is 2.04 bits per heavy atom. The van der Waals surface area contributed by atoms with Gasteiger partial charge >= 0.3 is 0 Å². The fraction of sp³-hybridized carbons (Fsp3) is 0.333. The Hall–Kier alpha value is -2.48. The van der Waals surface area contributed by atoms with E-state index in [0.717, 1.165) is 30.2 Å². The minimum atomic E-state index is -0.103. The average molecular weight is 331 g/mol. The molecule has 1 aliphatic heterocycles. The summed E-state index contributed by atoms with van der Waals surface area (Å²) in [6.07, 6.45) is 1.21. The number of amides is 2. The Morgan fingerprint density at radius 1 is 1.22 bits per heavy atom. The highest BCUT2D eigenvalue weighted by Crippen LogP contribution is 2.14. The number of carbonyl (C=O) groups is 2. The zero-order valence-electron chi connectivity index (χ0n) is 12.5. The van der Waals surface area contributed by atoms with Crippen molar-refractivity contribution in [3.8, 4) is 0 Å². The molecule has 2 aromatic rings. The fourth-order valence-corrected chi connectivity index (χ4v) is 3.08. The SMILES string of the molecule is O=CN1CCN(c2ccc(NC(=O)Cc3cccs3)nn2)CC1. The molecule has 0 radical (unpaired) electrons. The van der Waals surface area contributed by atoms with Gasteiger partial charge in [-0.2, -0.15) is 0 Å². The highest BCUT2D eigenvalue weighted by Gasteiger charge is 2.17. The van der Waals surface area contributed by atoms with Crippen LogP contribution in [-0.4, -0.2) is 53.6 Å². The highest BCUT2D eigenvalue weighted by atomic mass is 32.1. The highest BCUT2D eigenvalue weighted by molar-refractivity contribution is 7.10. The molecule has 3 rings (SSSR count). The molecule has 1 fully saturated rings. The molecule has 0 spiro atoms. The van der Waals surface area contributed by atoms with E-state index in [1.165, 1.54) is 0 Å². The second-order valence-corrected chi connectivity index (χ2v) is 6.24. The Bertz CT molecular complexity index is 651. The lowest BCUT2D eigenvalue weighted by Crippen LogP contribution is -2.46. The fourth-order valence-electron chi connectivity index (χ4n) is 2.38. The normalized spacial score (nSPS) is 14.6. The molecule has 120 valence electrons. The lowest BCUT2D eigenvalue weighted by atomic mass is 10.3. The first kappa shape index (κ1) is 15.4. The van der Waals surface area contributed by atoms with Crippen LogP contribution in [0.15, 0.2) is 29.6 Å². The first-order valence-corrected chi connectivity index (χ1v) is 8.23. The van der Waals surface area contributed by atoms with Crippen LogP contribution in [0.4, 0.5) is 11.6 Å². The van der Waals surface area contributed by atoms with E-state index in [0.29, 0.717) is 25.3 Å². The monoisotopic (exact) mass is 331 g/mol. The van der Waals surface area contributed by atoms with Gasteiger partial charge in [0.2, 0.25) is 12.3 Å². The summed E-state index contributed by atoms with van der Waals surface area (Å²) in [5, 5.41) is 12.9. The van der Waals surface area contributed by atoms with Crippen LogP contribution in [-0.2, 0) is 16.0 Å². The third kappa shape index (κ3) is 4.04. The van der Waals surface area contributed by atoms with Gasteiger partial charge < -0.3 is 15.1 Å². The first-order chi connectivity index (χ1) is 11.2. The smallest absolute Gasteiger partial charge is 0.230 e. The number of nitrogens with zero attached hydrogens (tertiary/aromatic N) is 4. The molecular weight excluding hydrogens is 314 g/mol. The molecule has 0 saturated carbocycles. The van der Waals surface area contributed by atoms with Gasteiger partial charge in [-0.1, -0.05) is 6.07 Å². The van der Waals surface area contributed by atoms with Crippen molar-refractivity contribution >= 4 is 35.3 Å². The molecule has 23 heavy (non-hydrogen) atoms. The summed E-state index contributed by atoms with van der Waals surface area (Å²) in [5.41, 5.74) is 0. The standard InChI is InChI=1S/C15H17N5O2S/c21-11-19-5-7-20(8-6-19)14-4-3-13(17-18-14)16-15(22)10-12-2-1-9-23-12/h1-4,9,11H,5-8,10H2,(H,16,17,22). The van der Waals surface area contributed by atoms with Gasteiger partial charge in [-0.15, -0.1) is 21.5 Å². The van der Waals surface area contributed by atoms with Crippen molar-refractivity contribution in [1.29, 1.82) is 0 Å². The van der Waals surface area contributed by atoms with E-state index in [2.05, 4.69) is 20.4 Å². The molecule has 0 aromatic carbocycles. The number of thiophene rings is 1. The summed E-state index contributed by atoms with van der Waals surface area (Å²) < 4.78 is 0. The quantitative estimate of drug-likeness (QED) is 0.827. The van der Waals surface area contributed by atoms with E-state index in [9.17, 15) is 9.59 Å². The number of carbonyl (C=O) groups excluding carboxylic acids is 2. The molecule has 8 heteroatoms. The van der Waals surface area contributed by atoms with Crippen LogP contribution in [0.1, 0.15) is 4.88 Å². The van der Waals surface area contributed by atoms with Crippen LogP contribution in [0.3, 0.4) is 0 Å². The predicted molar refractivity (Wildman–Crippen MR) is 88.5 cm³/mol. The lowest BCUT2D eigenvalue weighted by molar-refractivity contribution is -0.118. The summed E-state index contributed by atoms with van der Waals surface area (Å²) in [6.45, 7) is 2.84. The minimum absolute atomic E-state index is 0.103. The summed E-state index contributed by atoms with van der Waals surface area (Å²) in [5.74, 6) is 1.10. The maximum atomic E-state index is 11.9. The molecule has 0 bridgehead atoms. The first-order valence-electron chi connectivity index (χ1n) is 7.35. The Balaban J connectivity index is 1.55. The van der Waals surface area contributed by atoms with Gasteiger partial charge in [-0.3, -0.25) is 9.59 Å². The molecule has 3 heterocycles. The third-order valence-corrected chi connectivity index (χ3v) is 4.50. The molecule has 0 atom stereocenters. The molecular formula is C15H17N5O2S. The topological polar surface area (TPSA) is 78.4 Å². The van der Waals surface area contributed by atoms with Crippen LogP contribution in [0.25, 0.3) is 0 Å². The molecule has 0 aliphatic carbocycles. The number of nitrogens with one attached hydrogen (secondary N) is 1. The maximum absolute atomic E-state index is 11.9. The number of piperazine rings is 1. The second-order valence-electron chi connectivity index (χ2n) is 5.21. The molecule has 7 nitrogen and oxygen atoms in total. The van der Waals surface area contributed by atoms with Crippen molar-refractivity contribution < 1.29 is 9.59 Å². The minimum Gasteiger partial charge on any atom is -0.352 e. The molecule has 2 amide bonds. The molecule has 1 aliphatic rings. The zero-order chi connectivity index (χ0) is 16.1. The maximum Gasteiger partial charge on any atom is 0.230 e. The average Bonchev–Trinajstić information content (AvgIpc) is 3.08. The van der Waals surface area contributed by atoms with Crippen molar-refractivity contribution in [2.45, 2.75) is 6.42 Å². The van der Waals surface area contributed by atoms with Crippen molar-refractivity contribution in [2.75, 3.05) is 36.4 Å². The van der Waals surface area contributed by atoms with Gasteiger partial charge in [0.15, 0.2) is 11.6 Å². The largest absolute Gasteiger partial charge is 0.352 e. The summed E-state index contributed by atoms with van der Waals surface area (Å²) >= 11 is 1.55. The van der Waals surface area contributed by atoms with E-state index in [1.54, 1.807) is 22.3 Å². The van der Waals surface area contributed by atoms with Gasteiger partial charge in [0, 0.05) is 31.1 Å². The third-order valence-electron chi connectivity index (χ3n) is 3.62. The number of aromatic nitrogens is 2. The van der Waals surface area contributed by atoms with E-state index in [1.807, 2.05) is 23.6 Å². The van der Waals surface area contributed by atoms with E-state index < -0.39 is 0 Å². The van der Waals surface area contributed by atoms with E-state index in [-0.39, 0.29) is 5.91 Å². The number of anilines is 2. The Kier molecular flexibility index (Phi) is 4.82. The Labute approximate surface area is 137 Å². The molecule has 1 N–H and O–H groups in total. The molecule has 0 unspecified atom stereocenters. The Morgan fingerprint density at radius 3 is 2.65 bits per heavy atom. The van der Waals surface area contributed by atoms with Crippen molar-refractivity contribution in [3.05, 3.63) is 34.5 Å². The van der Waals surface area contributed by atoms with Crippen LogP contribution < -0.4 is 10.2 Å². The van der Waals surface area contributed by atoms with Gasteiger partial charge in [-0.25, -0.2) is 0 Å². The van der Waals surface area contributed by atoms with Crippen LogP contribution in [0.5, 0.6) is 0 Å². The van der Waals surface area contributed by atoms with Gasteiger partial charge in [0.05, 0.1) is 6.42 Å². The van der Waals surface area contributed by atoms with Crippen molar-refractivity contribution in [3.63, 3.8) is 0 Å². The number of hydrogen-bond donors (Lipinski definition) is 1. The van der Waals surface area contributed by atoms with Gasteiger partial charge in [0.1, 0.15) is 0 Å². The second kappa shape index (κ2) is 7.19. The zero-order valence-corrected chi connectivity index (χ0v) is 13.3. The summed E-state index contributed by atoms with van der Waals surface area (Å²) in [6, 6.07) is 7.44. The van der Waals surface area contributed by atoms with Crippen LogP contribution in [0, 0.1) is 0 Å². The van der Waals surface area contributed by atoms with Crippen molar-refractivity contribution in [1.82, 2.24) is 15.1 Å². The van der Waals surface area contributed by atoms with E-state index in [4.69, 9.17) is 0 Å². The molecule has 2 aromatic heterocycles. The van der Waals surface area contributed by atoms with E-state index >= 15 is 0 Å². The molecule has 1 saturated heterocycles.